The van der Waals surface area contributed by atoms with Gasteiger partial charge >= 0.3 is 0 Å². The van der Waals surface area contributed by atoms with Crippen molar-refractivity contribution >= 4 is 44.0 Å². The molecule has 1 amide bonds. The molecule has 0 bridgehead atoms. The lowest BCUT2D eigenvalue weighted by Crippen LogP contribution is -2.17. The van der Waals surface area contributed by atoms with Crippen LogP contribution in [-0.4, -0.2) is 24.3 Å². The first-order chi connectivity index (χ1) is 10.5. The van der Waals surface area contributed by atoms with Crippen molar-refractivity contribution in [1.29, 1.82) is 0 Å². The molecule has 0 atom stereocenters. The van der Waals surface area contributed by atoms with Gasteiger partial charge < -0.3 is 9.84 Å². The number of ether oxygens (including phenoxy) is 1. The number of hydrogen-bond donors (Lipinski definition) is 2. The molecule has 0 saturated heterocycles. The quantitative estimate of drug-likeness (QED) is 0.577. The SMILES string of the molecule is COc1ccc(C(=O)N/N=C/c2cc(Br)ccc2O)cc1Br. The molecule has 0 radical (unpaired) electrons. The summed E-state index contributed by atoms with van der Waals surface area (Å²) in [6, 6.07) is 9.89. The third-order valence-corrected chi connectivity index (χ3v) is 3.89. The highest BCUT2D eigenvalue weighted by atomic mass is 79.9. The topological polar surface area (TPSA) is 70.9 Å². The molecule has 114 valence electrons. The average Bonchev–Trinajstić information content (AvgIpc) is 2.50. The van der Waals surface area contributed by atoms with Gasteiger partial charge in [0.25, 0.3) is 5.91 Å². The lowest BCUT2D eigenvalue weighted by molar-refractivity contribution is 0.0955. The monoisotopic (exact) mass is 426 g/mol. The largest absolute Gasteiger partial charge is 0.507 e. The molecule has 0 aliphatic rings. The molecule has 0 spiro atoms. The van der Waals surface area contributed by atoms with Crippen molar-refractivity contribution in [3.05, 3.63) is 56.5 Å². The maximum Gasteiger partial charge on any atom is 0.271 e. The number of nitrogens with zero attached hydrogens (tertiary/aromatic N) is 1. The Labute approximate surface area is 144 Å². The van der Waals surface area contributed by atoms with Crippen LogP contribution in [0.2, 0.25) is 0 Å². The minimum absolute atomic E-state index is 0.0772. The first kappa shape index (κ1) is 16.5. The van der Waals surface area contributed by atoms with Gasteiger partial charge in [0.2, 0.25) is 0 Å². The number of methoxy groups -OCH3 is 1. The van der Waals surface area contributed by atoms with Crippen molar-refractivity contribution < 1.29 is 14.6 Å². The molecule has 2 aromatic rings. The summed E-state index contributed by atoms with van der Waals surface area (Å²) in [6.07, 6.45) is 1.37. The van der Waals surface area contributed by atoms with E-state index in [0.29, 0.717) is 21.3 Å². The van der Waals surface area contributed by atoms with Gasteiger partial charge in [-0.1, -0.05) is 15.9 Å². The molecule has 2 N–H and O–H groups in total. The van der Waals surface area contributed by atoms with Crippen LogP contribution < -0.4 is 10.2 Å². The first-order valence-corrected chi connectivity index (χ1v) is 7.75. The second-order valence-corrected chi connectivity index (χ2v) is 6.02. The van der Waals surface area contributed by atoms with Gasteiger partial charge in [-0.3, -0.25) is 4.79 Å². The van der Waals surface area contributed by atoms with E-state index in [1.807, 2.05) is 0 Å². The molecular weight excluding hydrogens is 416 g/mol. The summed E-state index contributed by atoms with van der Waals surface area (Å²) in [5.41, 5.74) is 3.33. The molecule has 7 heteroatoms. The molecular formula is C15H12Br2N2O3. The van der Waals surface area contributed by atoms with Gasteiger partial charge in [-0.05, 0) is 52.3 Å². The zero-order valence-corrected chi connectivity index (χ0v) is 14.7. The average molecular weight is 428 g/mol. The standard InChI is InChI=1S/C15H12Br2N2O3/c1-22-14-5-2-9(7-12(14)17)15(21)19-18-8-10-6-11(16)3-4-13(10)20/h2-8,20H,1H3,(H,19,21)/b18-8+. The number of carbonyl (C=O) groups is 1. The predicted octanol–water partition coefficient (Wildman–Crippen LogP) is 3.69. The Morgan fingerprint density at radius 3 is 2.73 bits per heavy atom. The molecule has 2 aromatic carbocycles. The second kappa shape index (κ2) is 7.42. The molecule has 2 rings (SSSR count). The highest BCUT2D eigenvalue weighted by Gasteiger charge is 2.08. The Bertz CT molecular complexity index is 733. The number of phenols is 1. The summed E-state index contributed by atoms with van der Waals surface area (Å²) < 4.78 is 6.58. The fourth-order valence-electron chi connectivity index (χ4n) is 1.66. The Kier molecular flexibility index (Phi) is 5.57. The van der Waals surface area contributed by atoms with E-state index in [1.54, 1.807) is 37.4 Å². The highest BCUT2D eigenvalue weighted by molar-refractivity contribution is 9.10. The summed E-state index contributed by atoms with van der Waals surface area (Å²) in [6.45, 7) is 0. The molecule has 0 heterocycles. The maximum atomic E-state index is 12.0. The van der Waals surface area contributed by atoms with Crippen LogP contribution >= 0.6 is 31.9 Å². The first-order valence-electron chi connectivity index (χ1n) is 6.16. The fourth-order valence-corrected chi connectivity index (χ4v) is 2.58. The number of benzene rings is 2. The molecule has 0 unspecified atom stereocenters. The normalized spacial score (nSPS) is 10.7. The summed E-state index contributed by atoms with van der Waals surface area (Å²) in [5, 5.41) is 13.5. The minimum Gasteiger partial charge on any atom is -0.507 e. The zero-order valence-electron chi connectivity index (χ0n) is 11.5. The lowest BCUT2D eigenvalue weighted by Gasteiger charge is -2.05. The van der Waals surface area contributed by atoms with Crippen LogP contribution in [0.4, 0.5) is 0 Å². The third kappa shape index (κ3) is 4.08. The lowest BCUT2D eigenvalue weighted by atomic mass is 10.2. The zero-order chi connectivity index (χ0) is 16.1. The minimum atomic E-state index is -0.367. The van der Waals surface area contributed by atoms with Gasteiger partial charge in [0.15, 0.2) is 0 Å². The number of aromatic hydroxyl groups is 1. The Balaban J connectivity index is 2.08. The Morgan fingerprint density at radius 2 is 2.05 bits per heavy atom. The van der Waals surface area contributed by atoms with E-state index >= 15 is 0 Å². The van der Waals surface area contributed by atoms with Crippen LogP contribution in [0, 0.1) is 0 Å². The van der Waals surface area contributed by atoms with Crippen molar-refractivity contribution in [3.8, 4) is 11.5 Å². The number of carbonyl (C=O) groups excluding carboxylic acids is 1. The fraction of sp³-hybridized carbons (Fsp3) is 0.0667. The van der Waals surface area contributed by atoms with Gasteiger partial charge in [0.1, 0.15) is 11.5 Å². The van der Waals surface area contributed by atoms with E-state index in [-0.39, 0.29) is 11.7 Å². The number of phenolic OH excluding ortho intramolecular Hbond substituents is 1. The van der Waals surface area contributed by atoms with Crippen molar-refractivity contribution in [2.24, 2.45) is 5.10 Å². The van der Waals surface area contributed by atoms with Crippen LogP contribution in [0.15, 0.2) is 50.4 Å². The van der Waals surface area contributed by atoms with E-state index in [0.717, 1.165) is 4.47 Å². The van der Waals surface area contributed by atoms with Crippen molar-refractivity contribution in [3.63, 3.8) is 0 Å². The summed E-state index contributed by atoms with van der Waals surface area (Å²) in [7, 11) is 1.55. The number of hydrazone groups is 1. The van der Waals surface area contributed by atoms with Crippen LogP contribution in [0.3, 0.4) is 0 Å². The van der Waals surface area contributed by atoms with Gasteiger partial charge in [0.05, 0.1) is 17.8 Å². The van der Waals surface area contributed by atoms with Crippen LogP contribution in [0.1, 0.15) is 15.9 Å². The van der Waals surface area contributed by atoms with E-state index in [4.69, 9.17) is 4.74 Å². The van der Waals surface area contributed by atoms with E-state index in [1.165, 1.54) is 12.3 Å². The van der Waals surface area contributed by atoms with Crippen molar-refractivity contribution in [2.75, 3.05) is 7.11 Å². The smallest absolute Gasteiger partial charge is 0.271 e. The van der Waals surface area contributed by atoms with Gasteiger partial charge in [-0.25, -0.2) is 5.43 Å². The van der Waals surface area contributed by atoms with Crippen molar-refractivity contribution in [2.45, 2.75) is 0 Å². The summed E-state index contributed by atoms with van der Waals surface area (Å²) in [5.74, 6) is 0.349. The maximum absolute atomic E-state index is 12.0. The third-order valence-electron chi connectivity index (χ3n) is 2.77. The van der Waals surface area contributed by atoms with E-state index in [9.17, 15) is 9.90 Å². The molecule has 0 fully saturated rings. The molecule has 0 aromatic heterocycles. The summed E-state index contributed by atoms with van der Waals surface area (Å²) in [4.78, 5) is 12.0. The predicted molar refractivity (Wildman–Crippen MR) is 91.6 cm³/mol. The molecule has 0 aliphatic carbocycles. The number of rotatable bonds is 4. The number of nitrogens with one attached hydrogen (secondary N) is 1. The summed E-state index contributed by atoms with van der Waals surface area (Å²) >= 11 is 6.61. The molecule has 0 saturated carbocycles. The van der Waals surface area contributed by atoms with E-state index < -0.39 is 0 Å². The second-order valence-electron chi connectivity index (χ2n) is 4.25. The van der Waals surface area contributed by atoms with Gasteiger partial charge in [0, 0.05) is 15.6 Å². The Hall–Kier alpha value is -1.86. The Morgan fingerprint density at radius 1 is 1.27 bits per heavy atom. The highest BCUT2D eigenvalue weighted by Crippen LogP contribution is 2.25. The van der Waals surface area contributed by atoms with Crippen LogP contribution in [0.25, 0.3) is 0 Å². The van der Waals surface area contributed by atoms with E-state index in [2.05, 4.69) is 42.4 Å². The van der Waals surface area contributed by atoms with Gasteiger partial charge in [-0.2, -0.15) is 5.10 Å². The number of amides is 1. The molecule has 0 aliphatic heterocycles. The molecule has 22 heavy (non-hydrogen) atoms. The number of hydrogen-bond acceptors (Lipinski definition) is 4. The van der Waals surface area contributed by atoms with Crippen LogP contribution in [0.5, 0.6) is 11.5 Å². The van der Waals surface area contributed by atoms with Gasteiger partial charge in [-0.15, -0.1) is 0 Å². The number of halogens is 2. The molecule has 5 nitrogen and oxygen atoms in total. The van der Waals surface area contributed by atoms with Crippen LogP contribution in [-0.2, 0) is 0 Å². The van der Waals surface area contributed by atoms with Crippen molar-refractivity contribution in [1.82, 2.24) is 5.43 Å².